The van der Waals surface area contributed by atoms with Crippen LogP contribution in [0.2, 0.25) is 0 Å². The van der Waals surface area contributed by atoms with E-state index in [2.05, 4.69) is 0 Å². The molecule has 0 heterocycles. The van der Waals surface area contributed by atoms with Gasteiger partial charge in [-0.05, 0) is 13.3 Å². The summed E-state index contributed by atoms with van der Waals surface area (Å²) >= 11 is 0. The van der Waals surface area contributed by atoms with E-state index in [4.69, 9.17) is 0 Å². The summed E-state index contributed by atoms with van der Waals surface area (Å²) in [5.74, 6) is -2.45. The molecule has 0 saturated carbocycles. The minimum atomic E-state index is -3.95. The molecule has 0 unspecified atom stereocenters. The van der Waals surface area contributed by atoms with Crippen molar-refractivity contribution in [2.45, 2.75) is 86.2 Å². The van der Waals surface area contributed by atoms with E-state index in [1.54, 1.807) is 6.92 Å². The molecule has 0 aliphatic carbocycles. The van der Waals surface area contributed by atoms with Crippen LogP contribution in [-0.2, 0) is 0 Å². The maximum atomic E-state index is 11.7. The third kappa shape index (κ3) is 57.4. The van der Waals surface area contributed by atoms with Gasteiger partial charge in [0, 0.05) is 12.8 Å². The van der Waals surface area contributed by atoms with Gasteiger partial charge in [-0.1, -0.05) is 48.0 Å². The summed E-state index contributed by atoms with van der Waals surface area (Å²) in [6, 6.07) is 0. The van der Waals surface area contributed by atoms with Crippen molar-refractivity contribution < 1.29 is 22.0 Å². The largest absolute Gasteiger partial charge is 0.389 e. The molecule has 0 spiro atoms. The van der Waals surface area contributed by atoms with Gasteiger partial charge in [0.05, 0.1) is 0 Å². The van der Waals surface area contributed by atoms with Gasteiger partial charge in [0.2, 0.25) is 5.92 Å². The molecule has 0 atom stereocenters. The van der Waals surface area contributed by atoms with Crippen LogP contribution in [0, 0.1) is 0 Å². The van der Waals surface area contributed by atoms with Crippen LogP contribution in [-0.4, -0.2) is 12.1 Å². The minimum Gasteiger partial charge on any atom is -0.207 e. The zero-order valence-corrected chi connectivity index (χ0v) is 12.7. The van der Waals surface area contributed by atoms with E-state index < -0.39 is 18.5 Å². The van der Waals surface area contributed by atoms with E-state index in [-0.39, 0.29) is 12.8 Å². The molecule has 116 valence electrons. The van der Waals surface area contributed by atoms with Crippen molar-refractivity contribution in [3.63, 3.8) is 0 Å². The van der Waals surface area contributed by atoms with Crippen molar-refractivity contribution in [3.05, 3.63) is 0 Å². The number of hydrogen-bond acceptors (Lipinski definition) is 0. The van der Waals surface area contributed by atoms with Gasteiger partial charge in [-0.25, -0.2) is 8.78 Å². The van der Waals surface area contributed by atoms with Crippen LogP contribution in [0.5, 0.6) is 0 Å². The highest BCUT2D eigenvalue weighted by atomic mass is 19.4. The van der Waals surface area contributed by atoms with E-state index in [1.165, 1.54) is 6.92 Å². The molecule has 0 radical (unpaired) electrons. The summed E-state index contributed by atoms with van der Waals surface area (Å²) in [4.78, 5) is 0. The first kappa shape index (κ1) is 26.3. The van der Waals surface area contributed by atoms with E-state index in [1.807, 2.05) is 27.7 Å². The Labute approximate surface area is 109 Å². The van der Waals surface area contributed by atoms with Crippen LogP contribution in [0.4, 0.5) is 22.0 Å². The van der Waals surface area contributed by atoms with Gasteiger partial charge < -0.3 is 0 Å². The molecule has 0 nitrogen and oxygen atoms in total. The number of alkyl halides is 5. The molecular weight excluding hydrogens is 251 g/mol. The third-order valence-electron chi connectivity index (χ3n) is 1.22. The van der Waals surface area contributed by atoms with Gasteiger partial charge in [0.25, 0.3) is 0 Å². The monoisotopic (exact) mass is 280 g/mol. The van der Waals surface area contributed by atoms with Gasteiger partial charge in [-0.15, -0.1) is 0 Å². The Bertz CT molecular complexity index is 108. The molecule has 5 heteroatoms. The van der Waals surface area contributed by atoms with Crippen LogP contribution < -0.4 is 0 Å². The maximum Gasteiger partial charge on any atom is 0.389 e. The Morgan fingerprint density at radius 2 is 0.944 bits per heavy atom. The van der Waals surface area contributed by atoms with E-state index in [0.29, 0.717) is 6.42 Å². The first-order valence-electron chi connectivity index (χ1n) is 6.57. The van der Waals surface area contributed by atoms with E-state index in [0.717, 1.165) is 6.92 Å². The fourth-order valence-electron chi connectivity index (χ4n) is 0.722. The fraction of sp³-hybridized carbons (Fsp3) is 1.00. The molecular formula is C13H29F5. The minimum absolute atomic E-state index is 0.00694. The van der Waals surface area contributed by atoms with Crippen molar-refractivity contribution in [3.8, 4) is 0 Å². The molecule has 0 N–H and O–H groups in total. The average molecular weight is 280 g/mol. The zero-order valence-electron chi connectivity index (χ0n) is 12.7. The fourth-order valence-corrected chi connectivity index (χ4v) is 0.722. The summed E-state index contributed by atoms with van der Waals surface area (Å²) in [5.41, 5.74) is 0. The lowest BCUT2D eigenvalue weighted by molar-refractivity contribution is -0.134. The molecule has 0 fully saturated rings. The van der Waals surface area contributed by atoms with Crippen LogP contribution in [0.3, 0.4) is 0 Å². The quantitative estimate of drug-likeness (QED) is 0.496. The molecule has 0 aliphatic rings. The third-order valence-corrected chi connectivity index (χ3v) is 1.22. The van der Waals surface area contributed by atoms with Gasteiger partial charge in [-0.2, -0.15) is 13.2 Å². The number of halogens is 5. The van der Waals surface area contributed by atoms with Crippen molar-refractivity contribution >= 4 is 0 Å². The second-order valence-electron chi connectivity index (χ2n) is 3.19. The Kier molecular flexibility index (Phi) is 24.3. The smallest absolute Gasteiger partial charge is 0.207 e. The predicted octanol–water partition coefficient (Wildman–Crippen LogP) is 6.84. The summed E-state index contributed by atoms with van der Waals surface area (Å²) in [6.45, 7) is 12.2. The lowest BCUT2D eigenvalue weighted by Gasteiger charge is -2.05. The van der Waals surface area contributed by atoms with Crippen molar-refractivity contribution in [1.29, 1.82) is 0 Å². The predicted molar refractivity (Wildman–Crippen MR) is 69.2 cm³/mol. The van der Waals surface area contributed by atoms with Gasteiger partial charge >= 0.3 is 6.18 Å². The highest BCUT2D eigenvalue weighted by Crippen LogP contribution is 2.20. The average Bonchev–Trinajstić information content (AvgIpc) is 2.21. The summed E-state index contributed by atoms with van der Waals surface area (Å²) in [6.07, 6.45) is -3.86. The molecule has 0 bridgehead atoms. The van der Waals surface area contributed by atoms with E-state index >= 15 is 0 Å². The lowest BCUT2D eigenvalue weighted by Crippen LogP contribution is -2.07. The molecule has 18 heavy (non-hydrogen) atoms. The molecule has 0 aromatic carbocycles. The second-order valence-corrected chi connectivity index (χ2v) is 3.19. The number of hydrogen-bond donors (Lipinski definition) is 0. The van der Waals surface area contributed by atoms with Crippen LogP contribution in [0.1, 0.15) is 74.1 Å². The summed E-state index contributed by atoms with van der Waals surface area (Å²) < 4.78 is 56.6. The molecule has 0 aromatic heterocycles. The summed E-state index contributed by atoms with van der Waals surface area (Å²) in [7, 11) is 0. The van der Waals surface area contributed by atoms with Gasteiger partial charge in [0.1, 0.15) is 0 Å². The zero-order chi connectivity index (χ0) is 15.8. The SMILES string of the molecule is CC.CC.CCCC(C)(F)F.CCCC(F)(F)F. The topological polar surface area (TPSA) is 0 Å². The Morgan fingerprint density at radius 1 is 0.667 bits per heavy atom. The maximum absolute atomic E-state index is 11.7. The highest BCUT2D eigenvalue weighted by Gasteiger charge is 2.24. The van der Waals surface area contributed by atoms with Crippen LogP contribution in [0.15, 0.2) is 0 Å². The van der Waals surface area contributed by atoms with E-state index in [9.17, 15) is 22.0 Å². The Hall–Kier alpha value is -0.350. The molecule has 0 amide bonds. The first-order valence-corrected chi connectivity index (χ1v) is 6.57. The van der Waals surface area contributed by atoms with Crippen molar-refractivity contribution in [1.82, 2.24) is 0 Å². The summed E-state index contributed by atoms with van der Waals surface area (Å²) in [5, 5.41) is 0. The van der Waals surface area contributed by atoms with Crippen molar-refractivity contribution in [2.75, 3.05) is 0 Å². The lowest BCUT2D eigenvalue weighted by atomic mass is 10.2. The normalized spacial score (nSPS) is 10.0. The molecule has 0 saturated heterocycles. The molecule has 0 rings (SSSR count). The first-order chi connectivity index (χ1) is 8.12. The van der Waals surface area contributed by atoms with Gasteiger partial charge in [-0.3, -0.25) is 0 Å². The highest BCUT2D eigenvalue weighted by molar-refractivity contribution is 4.54. The van der Waals surface area contributed by atoms with Crippen LogP contribution >= 0.6 is 0 Å². The molecule has 0 aliphatic heterocycles. The van der Waals surface area contributed by atoms with Crippen molar-refractivity contribution in [2.24, 2.45) is 0 Å². The van der Waals surface area contributed by atoms with Gasteiger partial charge in [0.15, 0.2) is 0 Å². The number of rotatable bonds is 3. The molecule has 0 aromatic rings. The standard InChI is InChI=1S/C5H10F2.C4H7F3.2C2H6/c1-3-4-5(2,6)7;1-2-3-4(5,6)7;2*1-2/h3-4H2,1-2H3;2-3H2,1H3;2*1-2H3. The second kappa shape index (κ2) is 16.6. The Morgan fingerprint density at radius 3 is 0.944 bits per heavy atom. The Balaban J connectivity index is -0.0000000851. The van der Waals surface area contributed by atoms with Crippen LogP contribution in [0.25, 0.3) is 0 Å².